The molecule has 1 N–H and O–H groups in total. The largest absolute Gasteiger partial charge is 0.419 e. The number of aromatic amines is 1. The zero-order valence-corrected chi connectivity index (χ0v) is 24.4. The van der Waals surface area contributed by atoms with E-state index in [1.54, 1.807) is 17.0 Å². The van der Waals surface area contributed by atoms with Gasteiger partial charge in [-0.1, -0.05) is 24.3 Å². The van der Waals surface area contributed by atoms with Crippen LogP contribution in [0.5, 0.6) is 0 Å². The Labute approximate surface area is 255 Å². The molecule has 15 heteroatoms. The fraction of sp³-hybridized carbons (Fsp3) is 0.533. The van der Waals surface area contributed by atoms with E-state index in [0.717, 1.165) is 24.6 Å². The summed E-state index contributed by atoms with van der Waals surface area (Å²) >= 11 is 0. The molecule has 2 atom stereocenters. The van der Waals surface area contributed by atoms with Crippen LogP contribution in [0.25, 0.3) is 0 Å². The number of nitrogens with zero attached hydrogens (tertiary/aromatic N) is 5. The number of hydrogen-bond donors (Lipinski definition) is 1. The summed E-state index contributed by atoms with van der Waals surface area (Å²) in [5.74, 6) is -8.20. The van der Waals surface area contributed by atoms with Gasteiger partial charge in [-0.15, -0.1) is 10.2 Å². The van der Waals surface area contributed by atoms with Gasteiger partial charge < -0.3 is 28.7 Å². The molecule has 1 amide bonds. The molecule has 3 aliphatic heterocycles. The topological polar surface area (TPSA) is 135 Å². The van der Waals surface area contributed by atoms with Gasteiger partial charge in [-0.2, -0.15) is 8.78 Å². The van der Waals surface area contributed by atoms with Gasteiger partial charge in [-0.05, 0) is 31.4 Å². The van der Waals surface area contributed by atoms with Gasteiger partial charge >= 0.3 is 5.92 Å². The van der Waals surface area contributed by atoms with Crippen LogP contribution >= 0.6 is 0 Å². The Morgan fingerprint density at radius 2 is 1.80 bits per heavy atom. The molecule has 4 aliphatic rings. The molecule has 1 aromatic carbocycles. The molecule has 1 aliphatic carbocycles. The summed E-state index contributed by atoms with van der Waals surface area (Å²) in [5, 5.41) is 7.78. The van der Waals surface area contributed by atoms with Crippen molar-refractivity contribution in [3.8, 4) is 0 Å². The predicted molar refractivity (Wildman–Crippen MR) is 149 cm³/mol. The Bertz CT molecular complexity index is 1580. The Morgan fingerprint density at radius 3 is 2.36 bits per heavy atom. The van der Waals surface area contributed by atoms with Crippen molar-refractivity contribution < 1.29 is 36.3 Å². The van der Waals surface area contributed by atoms with Crippen molar-refractivity contribution >= 4 is 12.2 Å². The number of aromatic nitrogens is 4. The number of halogens is 4. The van der Waals surface area contributed by atoms with Crippen molar-refractivity contribution in [2.75, 3.05) is 46.4 Å². The van der Waals surface area contributed by atoms with Crippen LogP contribution in [0.1, 0.15) is 64.5 Å². The first-order chi connectivity index (χ1) is 21.4. The minimum Gasteiger partial charge on any atom is -0.419 e. The third kappa shape index (κ3) is 6.15. The van der Waals surface area contributed by atoms with Crippen LogP contribution in [0.4, 0.5) is 17.6 Å². The van der Waals surface area contributed by atoms with E-state index in [9.17, 15) is 23.2 Å². The maximum atomic E-state index is 15.4. The van der Waals surface area contributed by atoms with Crippen LogP contribution in [-0.2, 0) is 15.5 Å². The Morgan fingerprint density at radius 1 is 1.11 bits per heavy atom. The van der Waals surface area contributed by atoms with E-state index in [-0.39, 0.29) is 36.0 Å². The fourth-order valence-corrected chi connectivity index (χ4v) is 6.44. The van der Waals surface area contributed by atoms with Crippen molar-refractivity contribution in [2.24, 2.45) is 11.3 Å². The van der Waals surface area contributed by atoms with E-state index in [1.807, 2.05) is 7.05 Å². The minimum absolute atomic E-state index is 0.0938. The molecule has 45 heavy (non-hydrogen) atoms. The van der Waals surface area contributed by atoms with Crippen molar-refractivity contribution in [1.29, 1.82) is 0 Å². The van der Waals surface area contributed by atoms with E-state index in [1.165, 1.54) is 18.3 Å². The van der Waals surface area contributed by atoms with E-state index < -0.39 is 40.5 Å². The maximum Gasteiger partial charge on any atom is 0.349 e. The first-order valence-corrected chi connectivity index (χ1v) is 14.7. The Balaban J connectivity index is 0.000000452. The smallest absolute Gasteiger partial charge is 0.349 e. The monoisotopic (exact) mass is 632 g/mol. The lowest BCUT2D eigenvalue weighted by Crippen LogP contribution is -2.58. The lowest BCUT2D eigenvalue weighted by molar-refractivity contribution is -0.110. The van der Waals surface area contributed by atoms with Gasteiger partial charge in [0, 0.05) is 63.0 Å². The van der Waals surface area contributed by atoms with Crippen molar-refractivity contribution in [1.82, 2.24) is 30.0 Å². The predicted octanol–water partition coefficient (Wildman–Crippen LogP) is 3.20. The highest BCUT2D eigenvalue weighted by atomic mass is 19.3. The zero-order chi connectivity index (χ0) is 32.0. The molecule has 2 unspecified atom stereocenters. The summed E-state index contributed by atoms with van der Waals surface area (Å²) in [5.41, 5.74) is 0.110. The molecule has 7 rings (SSSR count). The molecule has 2 aromatic heterocycles. The SMILES string of the molecule is CN1CC2(C1)CN(C(=O)c1c[nH]c(=O)cn1)CC2c1nnc(C(F)(F)c2ccc(C3CCOCC3)cc2)o1.O=CC1CC1(F)F. The van der Waals surface area contributed by atoms with Crippen molar-refractivity contribution in [3.05, 3.63) is 75.6 Å². The number of hydrogen-bond acceptors (Lipinski definition) is 9. The quantitative estimate of drug-likeness (QED) is 0.321. The number of amides is 1. The second-order valence-electron chi connectivity index (χ2n) is 12.3. The number of likely N-dealkylation sites (tertiary alicyclic amines) is 2. The van der Waals surface area contributed by atoms with Crippen LogP contribution in [0.2, 0.25) is 0 Å². The molecule has 0 bridgehead atoms. The molecule has 0 radical (unpaired) electrons. The lowest BCUT2D eigenvalue weighted by Gasteiger charge is -2.48. The third-order valence-corrected chi connectivity index (χ3v) is 9.01. The summed E-state index contributed by atoms with van der Waals surface area (Å²) in [7, 11) is 1.95. The van der Waals surface area contributed by atoms with Gasteiger partial charge in [0.25, 0.3) is 23.3 Å². The van der Waals surface area contributed by atoms with Crippen molar-refractivity contribution in [2.45, 2.75) is 42.9 Å². The molecule has 1 spiro atoms. The summed E-state index contributed by atoms with van der Waals surface area (Å²) in [6, 6.07) is 6.32. The maximum absolute atomic E-state index is 15.4. The normalized spacial score (nSPS) is 24.1. The van der Waals surface area contributed by atoms with E-state index in [4.69, 9.17) is 9.15 Å². The number of carbonyl (C=O) groups is 2. The summed E-state index contributed by atoms with van der Waals surface area (Å²) in [6.07, 6.45) is 4.14. The zero-order valence-electron chi connectivity index (χ0n) is 24.4. The van der Waals surface area contributed by atoms with E-state index >= 15 is 8.78 Å². The highest BCUT2D eigenvalue weighted by Crippen LogP contribution is 2.49. The van der Waals surface area contributed by atoms with Crippen LogP contribution in [0.3, 0.4) is 0 Å². The number of carbonyl (C=O) groups excluding carboxylic acids is 2. The molecule has 3 saturated heterocycles. The van der Waals surface area contributed by atoms with Gasteiger partial charge in [-0.25, -0.2) is 13.8 Å². The number of H-pyrrole nitrogens is 1. The average molecular weight is 633 g/mol. The number of aldehydes is 1. The van der Waals surface area contributed by atoms with Crippen molar-refractivity contribution in [3.63, 3.8) is 0 Å². The highest BCUT2D eigenvalue weighted by molar-refractivity contribution is 5.92. The van der Waals surface area contributed by atoms with E-state index in [2.05, 4.69) is 25.1 Å². The van der Waals surface area contributed by atoms with Gasteiger partial charge in [0.2, 0.25) is 5.89 Å². The second kappa shape index (κ2) is 11.7. The average Bonchev–Trinajstić information content (AvgIpc) is 3.35. The lowest BCUT2D eigenvalue weighted by atomic mass is 9.72. The fourth-order valence-electron chi connectivity index (χ4n) is 6.44. The van der Waals surface area contributed by atoms with Crippen LogP contribution < -0.4 is 5.56 Å². The van der Waals surface area contributed by atoms with Gasteiger partial charge in [0.15, 0.2) is 0 Å². The number of ether oxygens (including phenoxy) is 1. The Kier molecular flexibility index (Phi) is 8.10. The standard InChI is InChI=1S/C26H28F2N6O4.C4H4F2O/c1-33-13-25(14-33)15-34(23(36)20-10-30-21(35)11-29-20)12-19(25)22-31-32-24(38-22)26(27,28)18-4-2-16(3-5-18)17-6-8-37-9-7-17;5-4(6)1-3(4)2-7/h2-5,10-11,17,19H,6-9,12-15H2,1H3,(H,30,35);2-3H,1H2. The molecular weight excluding hydrogens is 600 g/mol. The van der Waals surface area contributed by atoms with E-state index in [0.29, 0.717) is 45.1 Å². The summed E-state index contributed by atoms with van der Waals surface area (Å²) in [6.45, 7) is 3.28. The summed E-state index contributed by atoms with van der Waals surface area (Å²) in [4.78, 5) is 44.0. The number of alkyl halides is 4. The van der Waals surface area contributed by atoms with Crippen LogP contribution in [0, 0.1) is 11.3 Å². The molecule has 1 saturated carbocycles. The second-order valence-corrected chi connectivity index (χ2v) is 12.3. The number of rotatable bonds is 6. The van der Waals surface area contributed by atoms with Crippen LogP contribution in [-0.4, -0.2) is 94.5 Å². The third-order valence-electron chi connectivity index (χ3n) is 9.01. The molecule has 240 valence electrons. The first kappa shape index (κ1) is 31.0. The molecule has 3 aromatic rings. The Hall–Kier alpha value is -3.98. The van der Waals surface area contributed by atoms with Gasteiger partial charge in [0.05, 0.1) is 18.0 Å². The molecular formula is C30H32F4N6O5. The highest BCUT2D eigenvalue weighted by Gasteiger charge is 2.58. The minimum atomic E-state index is -3.46. The van der Waals surface area contributed by atoms with Crippen LogP contribution in [0.15, 0.2) is 45.9 Å². The summed E-state index contributed by atoms with van der Waals surface area (Å²) < 4.78 is 65.1. The molecule has 11 nitrogen and oxygen atoms in total. The molecule has 5 heterocycles. The number of benzene rings is 1. The van der Waals surface area contributed by atoms with Gasteiger partial charge in [0.1, 0.15) is 12.0 Å². The van der Waals surface area contributed by atoms with Gasteiger partial charge in [-0.3, -0.25) is 9.59 Å². The first-order valence-electron chi connectivity index (χ1n) is 14.7. The number of nitrogens with one attached hydrogen (secondary N) is 1. The molecule has 4 fully saturated rings.